The number of aliphatic hydroxyl groups is 1. The minimum Gasteiger partial charge on any atom is -0.392 e. The first-order chi connectivity index (χ1) is 7.74. The van der Waals surface area contributed by atoms with Crippen molar-refractivity contribution in [3.8, 4) is 0 Å². The Balaban J connectivity index is 2.47. The Morgan fingerprint density at radius 2 is 1.94 bits per heavy atom. The van der Waals surface area contributed by atoms with Crippen molar-refractivity contribution < 1.29 is 9.84 Å². The molecule has 1 unspecified atom stereocenters. The summed E-state index contributed by atoms with van der Waals surface area (Å²) < 4.78 is 5.79. The molecule has 1 aromatic rings. The van der Waals surface area contributed by atoms with Crippen LogP contribution in [0.3, 0.4) is 0 Å². The lowest BCUT2D eigenvalue weighted by Gasteiger charge is -2.18. The third-order valence-electron chi connectivity index (χ3n) is 2.37. The summed E-state index contributed by atoms with van der Waals surface area (Å²) in [7, 11) is 0. The van der Waals surface area contributed by atoms with Gasteiger partial charge in [0.1, 0.15) is 0 Å². The average molecular weight is 220 g/mol. The third kappa shape index (κ3) is 4.60. The summed E-state index contributed by atoms with van der Waals surface area (Å²) in [6.45, 7) is 4.89. The maximum absolute atomic E-state index is 8.74. The summed E-state index contributed by atoms with van der Waals surface area (Å²) >= 11 is 0. The van der Waals surface area contributed by atoms with Gasteiger partial charge >= 0.3 is 0 Å². The molecule has 1 N–H and O–H groups in total. The molecule has 2 nitrogen and oxygen atoms in total. The fraction of sp³-hybridized carbons (Fsp3) is 0.429. The first kappa shape index (κ1) is 12.9. The van der Waals surface area contributed by atoms with E-state index in [1.807, 2.05) is 36.4 Å². The lowest BCUT2D eigenvalue weighted by Crippen LogP contribution is -2.17. The monoisotopic (exact) mass is 220 g/mol. The van der Waals surface area contributed by atoms with Crippen LogP contribution in [0.4, 0.5) is 0 Å². The molecule has 0 spiro atoms. The van der Waals surface area contributed by atoms with Gasteiger partial charge in [0.2, 0.25) is 0 Å². The topological polar surface area (TPSA) is 29.5 Å². The smallest absolute Gasteiger partial charge is 0.0784 e. The summed E-state index contributed by atoms with van der Waals surface area (Å²) in [6.07, 6.45) is 3.72. The van der Waals surface area contributed by atoms with E-state index in [9.17, 15) is 0 Å². The summed E-state index contributed by atoms with van der Waals surface area (Å²) in [5.74, 6) is 0.409. The maximum atomic E-state index is 8.74. The number of rotatable bonds is 6. The first-order valence-corrected chi connectivity index (χ1v) is 5.67. The van der Waals surface area contributed by atoms with Gasteiger partial charge in [-0.1, -0.05) is 56.3 Å². The molecule has 0 radical (unpaired) electrons. The van der Waals surface area contributed by atoms with Crippen molar-refractivity contribution in [1.29, 1.82) is 0 Å². The second-order valence-electron chi connectivity index (χ2n) is 4.12. The fourth-order valence-electron chi connectivity index (χ4n) is 1.43. The summed E-state index contributed by atoms with van der Waals surface area (Å²) in [6, 6.07) is 10.1. The maximum Gasteiger partial charge on any atom is 0.0784 e. The highest BCUT2D eigenvalue weighted by Gasteiger charge is 2.09. The molecule has 0 aliphatic carbocycles. The number of hydrogen-bond donors (Lipinski definition) is 1. The van der Waals surface area contributed by atoms with Crippen molar-refractivity contribution in [2.45, 2.75) is 26.6 Å². The molecule has 1 aromatic carbocycles. The third-order valence-corrected chi connectivity index (χ3v) is 2.37. The molecular weight excluding hydrogens is 200 g/mol. The molecule has 0 amide bonds. The van der Waals surface area contributed by atoms with E-state index in [1.54, 1.807) is 6.08 Å². The van der Waals surface area contributed by atoms with Gasteiger partial charge in [-0.3, -0.25) is 0 Å². The van der Waals surface area contributed by atoms with E-state index < -0.39 is 0 Å². The summed E-state index contributed by atoms with van der Waals surface area (Å²) in [5.41, 5.74) is 1.17. The normalized spacial score (nSPS) is 13.5. The highest BCUT2D eigenvalue weighted by molar-refractivity contribution is 5.13. The summed E-state index contributed by atoms with van der Waals surface area (Å²) in [5, 5.41) is 8.74. The number of aliphatic hydroxyl groups excluding tert-OH is 1. The largest absolute Gasteiger partial charge is 0.392 e. The van der Waals surface area contributed by atoms with Crippen LogP contribution in [-0.2, 0) is 11.3 Å². The standard InChI is InChI=1S/C14H20O2/c1-12(2)14(9-6-10-15)16-11-13-7-4-3-5-8-13/h3-9,12,14-15H,10-11H2,1-2H3/b9-6-. The van der Waals surface area contributed by atoms with Crippen LogP contribution in [-0.4, -0.2) is 17.8 Å². The molecule has 88 valence electrons. The molecule has 0 aliphatic rings. The van der Waals surface area contributed by atoms with Gasteiger partial charge in [0.15, 0.2) is 0 Å². The zero-order valence-electron chi connectivity index (χ0n) is 9.97. The van der Waals surface area contributed by atoms with Crippen LogP contribution in [0, 0.1) is 5.92 Å². The van der Waals surface area contributed by atoms with E-state index in [2.05, 4.69) is 13.8 Å². The molecule has 1 atom stereocenters. The lowest BCUT2D eigenvalue weighted by molar-refractivity contribution is 0.0425. The van der Waals surface area contributed by atoms with E-state index in [0.29, 0.717) is 12.5 Å². The molecule has 16 heavy (non-hydrogen) atoms. The van der Waals surface area contributed by atoms with Gasteiger partial charge in [-0.05, 0) is 11.5 Å². The van der Waals surface area contributed by atoms with E-state index >= 15 is 0 Å². The van der Waals surface area contributed by atoms with Gasteiger partial charge in [-0.2, -0.15) is 0 Å². The van der Waals surface area contributed by atoms with E-state index in [0.717, 1.165) is 0 Å². The van der Waals surface area contributed by atoms with E-state index in [1.165, 1.54) is 5.56 Å². The minimum absolute atomic E-state index is 0.0624. The highest BCUT2D eigenvalue weighted by atomic mass is 16.5. The van der Waals surface area contributed by atoms with Crippen LogP contribution in [0.25, 0.3) is 0 Å². The SMILES string of the molecule is CC(C)C(/C=C\CO)OCc1ccccc1. The zero-order valence-corrected chi connectivity index (χ0v) is 9.97. The van der Waals surface area contributed by atoms with E-state index in [4.69, 9.17) is 9.84 Å². The minimum atomic E-state index is 0.0624. The fourth-order valence-corrected chi connectivity index (χ4v) is 1.43. The molecular formula is C14H20O2. The number of ether oxygens (including phenoxy) is 1. The molecule has 2 heteroatoms. The van der Waals surface area contributed by atoms with Crippen LogP contribution in [0.1, 0.15) is 19.4 Å². The van der Waals surface area contributed by atoms with Crippen molar-refractivity contribution in [1.82, 2.24) is 0 Å². The van der Waals surface area contributed by atoms with Crippen molar-refractivity contribution in [2.75, 3.05) is 6.61 Å². The Bertz CT molecular complexity index is 304. The molecule has 0 bridgehead atoms. The van der Waals surface area contributed by atoms with Crippen LogP contribution in [0.2, 0.25) is 0 Å². The summed E-state index contributed by atoms with van der Waals surface area (Å²) in [4.78, 5) is 0. The van der Waals surface area contributed by atoms with Crippen molar-refractivity contribution in [3.63, 3.8) is 0 Å². The van der Waals surface area contributed by atoms with Gasteiger partial charge in [0.25, 0.3) is 0 Å². The molecule has 0 saturated carbocycles. The van der Waals surface area contributed by atoms with Crippen LogP contribution >= 0.6 is 0 Å². The Hall–Kier alpha value is -1.12. The Morgan fingerprint density at radius 3 is 2.50 bits per heavy atom. The molecule has 1 rings (SSSR count). The lowest BCUT2D eigenvalue weighted by atomic mass is 10.1. The van der Waals surface area contributed by atoms with Crippen LogP contribution in [0.15, 0.2) is 42.5 Å². The second kappa shape index (κ2) is 7.20. The van der Waals surface area contributed by atoms with Gasteiger partial charge < -0.3 is 9.84 Å². The Kier molecular flexibility index (Phi) is 5.83. The van der Waals surface area contributed by atoms with Crippen molar-refractivity contribution in [3.05, 3.63) is 48.0 Å². The van der Waals surface area contributed by atoms with Gasteiger partial charge in [-0.15, -0.1) is 0 Å². The average Bonchev–Trinajstić information content (AvgIpc) is 2.30. The number of hydrogen-bond acceptors (Lipinski definition) is 2. The quantitative estimate of drug-likeness (QED) is 0.747. The molecule has 0 saturated heterocycles. The van der Waals surface area contributed by atoms with Crippen molar-refractivity contribution >= 4 is 0 Å². The predicted molar refractivity (Wildman–Crippen MR) is 66.1 cm³/mol. The molecule has 0 aromatic heterocycles. The van der Waals surface area contributed by atoms with Crippen LogP contribution in [0.5, 0.6) is 0 Å². The zero-order chi connectivity index (χ0) is 11.8. The van der Waals surface area contributed by atoms with Gasteiger partial charge in [0.05, 0.1) is 19.3 Å². The van der Waals surface area contributed by atoms with Crippen LogP contribution < -0.4 is 0 Å². The Morgan fingerprint density at radius 1 is 1.25 bits per heavy atom. The molecule has 0 heterocycles. The van der Waals surface area contributed by atoms with Gasteiger partial charge in [-0.25, -0.2) is 0 Å². The highest BCUT2D eigenvalue weighted by Crippen LogP contribution is 2.11. The second-order valence-corrected chi connectivity index (χ2v) is 4.12. The van der Waals surface area contributed by atoms with Gasteiger partial charge in [0, 0.05) is 0 Å². The Labute approximate surface area is 97.6 Å². The first-order valence-electron chi connectivity index (χ1n) is 5.67. The number of benzene rings is 1. The molecule has 0 aliphatic heterocycles. The van der Waals surface area contributed by atoms with E-state index in [-0.39, 0.29) is 12.7 Å². The van der Waals surface area contributed by atoms with Crippen molar-refractivity contribution in [2.24, 2.45) is 5.92 Å². The predicted octanol–water partition coefficient (Wildman–Crippen LogP) is 2.78. The molecule has 0 fully saturated rings.